The molecule has 0 aliphatic carbocycles. The van der Waals surface area contributed by atoms with Gasteiger partial charge in [-0.25, -0.2) is 0 Å². The number of hydrogen-bond donors (Lipinski definition) is 1. The van der Waals surface area contributed by atoms with Gasteiger partial charge in [0.05, 0.1) is 11.4 Å². The predicted octanol–water partition coefficient (Wildman–Crippen LogP) is 3.65. The first-order chi connectivity index (χ1) is 12.8. The van der Waals surface area contributed by atoms with Crippen molar-refractivity contribution in [3.05, 3.63) is 53.7 Å². The lowest BCUT2D eigenvalue weighted by Gasteiger charge is -2.30. The first-order valence-electron chi connectivity index (χ1n) is 8.72. The average molecular weight is 368 g/mol. The molecule has 0 atom stereocenters. The van der Waals surface area contributed by atoms with Crippen molar-refractivity contribution in [2.75, 3.05) is 18.4 Å². The second kappa shape index (κ2) is 7.80. The van der Waals surface area contributed by atoms with E-state index in [4.69, 9.17) is 4.52 Å². The van der Waals surface area contributed by atoms with Crippen LogP contribution in [0, 0.1) is 5.92 Å². The zero-order valence-electron chi connectivity index (χ0n) is 14.3. The van der Waals surface area contributed by atoms with Crippen LogP contribution < -0.4 is 5.32 Å². The maximum absolute atomic E-state index is 12.4. The fourth-order valence-electron chi connectivity index (χ4n) is 3.14. The largest absolute Gasteiger partial charge is 0.338 e. The Morgan fingerprint density at radius 1 is 1.19 bits per heavy atom. The molecule has 1 saturated heterocycles. The Bertz CT molecular complexity index is 840. The van der Waals surface area contributed by atoms with Gasteiger partial charge in [0.1, 0.15) is 0 Å². The summed E-state index contributed by atoms with van der Waals surface area (Å²) in [6.45, 7) is 2.33. The van der Waals surface area contributed by atoms with Crippen molar-refractivity contribution in [3.63, 3.8) is 0 Å². The molecule has 3 aromatic rings. The molecule has 1 aliphatic rings. The molecule has 2 aromatic heterocycles. The van der Waals surface area contributed by atoms with Crippen LogP contribution in [0.2, 0.25) is 0 Å². The van der Waals surface area contributed by atoms with Crippen LogP contribution in [-0.4, -0.2) is 34.0 Å². The molecule has 1 aliphatic heterocycles. The van der Waals surface area contributed by atoms with E-state index in [0.29, 0.717) is 18.3 Å². The van der Waals surface area contributed by atoms with Gasteiger partial charge in [0, 0.05) is 11.6 Å². The Balaban J connectivity index is 1.28. The molecule has 7 heteroatoms. The van der Waals surface area contributed by atoms with Gasteiger partial charge in [0.15, 0.2) is 0 Å². The Kier molecular flexibility index (Phi) is 5.08. The van der Waals surface area contributed by atoms with Gasteiger partial charge in [0.25, 0.3) is 0 Å². The van der Waals surface area contributed by atoms with Gasteiger partial charge in [-0.1, -0.05) is 29.4 Å². The number of carbonyl (C=O) groups excluding carboxylic acids is 1. The summed E-state index contributed by atoms with van der Waals surface area (Å²) in [6, 6.07) is 13.6. The summed E-state index contributed by atoms with van der Waals surface area (Å²) in [4.78, 5) is 20.1. The molecular weight excluding hydrogens is 348 g/mol. The summed E-state index contributed by atoms with van der Waals surface area (Å²) >= 11 is 1.60. The third-order valence-corrected chi connectivity index (χ3v) is 5.43. The molecule has 0 radical (unpaired) electrons. The number of hydrogen-bond acceptors (Lipinski definition) is 6. The number of amides is 1. The lowest BCUT2D eigenvalue weighted by molar-refractivity contribution is -0.121. The van der Waals surface area contributed by atoms with Gasteiger partial charge < -0.3 is 9.84 Å². The second-order valence-electron chi connectivity index (χ2n) is 6.39. The third kappa shape index (κ3) is 4.00. The number of nitrogens with zero attached hydrogens (tertiary/aromatic N) is 3. The lowest BCUT2D eigenvalue weighted by atomic mass is 9.96. The van der Waals surface area contributed by atoms with Crippen LogP contribution in [0.1, 0.15) is 18.7 Å². The number of aromatic nitrogens is 2. The van der Waals surface area contributed by atoms with E-state index >= 15 is 0 Å². The van der Waals surface area contributed by atoms with Crippen molar-refractivity contribution in [2.24, 2.45) is 5.92 Å². The van der Waals surface area contributed by atoms with Gasteiger partial charge in [-0.3, -0.25) is 9.69 Å². The minimum absolute atomic E-state index is 0.0517. The number of nitrogens with one attached hydrogen (secondary N) is 1. The number of anilines is 1. The maximum atomic E-state index is 12.4. The molecule has 1 fully saturated rings. The van der Waals surface area contributed by atoms with Gasteiger partial charge in [-0.05, 0) is 49.5 Å². The number of rotatable bonds is 5. The van der Waals surface area contributed by atoms with Crippen molar-refractivity contribution in [1.82, 2.24) is 15.0 Å². The number of benzene rings is 1. The summed E-state index contributed by atoms with van der Waals surface area (Å²) < 4.78 is 5.37. The van der Waals surface area contributed by atoms with Crippen LogP contribution in [0.4, 0.5) is 5.69 Å². The SMILES string of the molecule is O=C(Nc1ccccc1)C1CCN(Cc2nc(-c3cccs3)no2)CC1. The number of piperidine rings is 1. The van der Waals surface area contributed by atoms with Crippen LogP contribution in [0.5, 0.6) is 0 Å². The number of likely N-dealkylation sites (tertiary alicyclic amines) is 1. The van der Waals surface area contributed by atoms with Gasteiger partial charge in [0.2, 0.25) is 17.6 Å². The Morgan fingerprint density at radius 3 is 2.73 bits per heavy atom. The molecule has 3 heterocycles. The van der Waals surface area contributed by atoms with Crippen molar-refractivity contribution in [2.45, 2.75) is 19.4 Å². The smallest absolute Gasteiger partial charge is 0.241 e. The molecule has 0 spiro atoms. The lowest BCUT2D eigenvalue weighted by Crippen LogP contribution is -2.37. The minimum atomic E-state index is 0.0517. The van der Waals surface area contributed by atoms with Crippen molar-refractivity contribution in [1.29, 1.82) is 0 Å². The molecule has 0 unspecified atom stereocenters. The van der Waals surface area contributed by atoms with Gasteiger partial charge >= 0.3 is 0 Å². The molecule has 0 saturated carbocycles. The number of para-hydroxylation sites is 1. The van der Waals surface area contributed by atoms with E-state index in [0.717, 1.165) is 36.5 Å². The summed E-state index contributed by atoms with van der Waals surface area (Å²) in [5.74, 6) is 1.43. The van der Waals surface area contributed by atoms with E-state index in [9.17, 15) is 4.79 Å². The molecular formula is C19H20N4O2S. The first-order valence-corrected chi connectivity index (χ1v) is 9.60. The standard InChI is InChI=1S/C19H20N4O2S/c24-19(20-15-5-2-1-3-6-15)14-8-10-23(11-9-14)13-17-21-18(22-25-17)16-7-4-12-26-16/h1-7,12,14H,8-11,13H2,(H,20,24). The van der Waals surface area contributed by atoms with Crippen LogP contribution in [0.15, 0.2) is 52.4 Å². The normalized spacial score (nSPS) is 15.8. The van der Waals surface area contributed by atoms with E-state index in [-0.39, 0.29) is 11.8 Å². The minimum Gasteiger partial charge on any atom is -0.338 e. The molecule has 6 nitrogen and oxygen atoms in total. The van der Waals surface area contributed by atoms with Crippen LogP contribution in [0.3, 0.4) is 0 Å². The van der Waals surface area contributed by atoms with E-state index in [2.05, 4.69) is 20.4 Å². The van der Waals surface area contributed by atoms with Crippen LogP contribution in [-0.2, 0) is 11.3 Å². The highest BCUT2D eigenvalue weighted by Gasteiger charge is 2.26. The molecule has 0 bridgehead atoms. The predicted molar refractivity (Wildman–Crippen MR) is 101 cm³/mol. The maximum Gasteiger partial charge on any atom is 0.241 e. The average Bonchev–Trinajstić information content (AvgIpc) is 3.35. The summed E-state index contributed by atoms with van der Waals surface area (Å²) in [7, 11) is 0. The molecule has 26 heavy (non-hydrogen) atoms. The summed E-state index contributed by atoms with van der Waals surface area (Å²) in [6.07, 6.45) is 1.68. The topological polar surface area (TPSA) is 71.3 Å². The van der Waals surface area contributed by atoms with Gasteiger partial charge in [-0.2, -0.15) is 4.98 Å². The Labute approximate surface area is 155 Å². The number of carbonyl (C=O) groups is 1. The first kappa shape index (κ1) is 16.9. The summed E-state index contributed by atoms with van der Waals surface area (Å²) in [5, 5.41) is 9.04. The zero-order chi connectivity index (χ0) is 17.8. The van der Waals surface area contributed by atoms with E-state index < -0.39 is 0 Å². The van der Waals surface area contributed by atoms with Crippen LogP contribution in [0.25, 0.3) is 10.7 Å². The highest BCUT2D eigenvalue weighted by molar-refractivity contribution is 7.13. The second-order valence-corrected chi connectivity index (χ2v) is 7.34. The van der Waals surface area contributed by atoms with Crippen molar-refractivity contribution in [3.8, 4) is 10.7 Å². The number of thiophene rings is 1. The molecule has 4 rings (SSSR count). The molecule has 1 N–H and O–H groups in total. The van der Waals surface area contributed by atoms with E-state index in [1.54, 1.807) is 11.3 Å². The van der Waals surface area contributed by atoms with Crippen molar-refractivity contribution < 1.29 is 9.32 Å². The Morgan fingerprint density at radius 2 is 2.00 bits per heavy atom. The zero-order valence-corrected chi connectivity index (χ0v) is 15.1. The fraction of sp³-hybridized carbons (Fsp3) is 0.316. The Hall–Kier alpha value is -2.51. The van der Waals surface area contributed by atoms with Crippen molar-refractivity contribution >= 4 is 22.9 Å². The van der Waals surface area contributed by atoms with Gasteiger partial charge in [-0.15, -0.1) is 11.3 Å². The van der Waals surface area contributed by atoms with E-state index in [1.165, 1.54) is 0 Å². The molecule has 1 aromatic carbocycles. The monoisotopic (exact) mass is 368 g/mol. The summed E-state index contributed by atoms with van der Waals surface area (Å²) in [5.41, 5.74) is 0.854. The quantitative estimate of drug-likeness (QED) is 0.744. The third-order valence-electron chi connectivity index (χ3n) is 4.57. The van der Waals surface area contributed by atoms with Crippen LogP contribution >= 0.6 is 11.3 Å². The highest BCUT2D eigenvalue weighted by atomic mass is 32.1. The van der Waals surface area contributed by atoms with E-state index in [1.807, 2.05) is 47.8 Å². The molecule has 134 valence electrons. The molecule has 1 amide bonds. The fourth-order valence-corrected chi connectivity index (χ4v) is 3.78. The highest BCUT2D eigenvalue weighted by Crippen LogP contribution is 2.23.